The maximum atomic E-state index is 13.3. The Balaban J connectivity index is 1.86. The van der Waals surface area contributed by atoms with E-state index in [1.165, 1.54) is 20.3 Å². The number of halogens is 3. The van der Waals surface area contributed by atoms with Crippen molar-refractivity contribution in [2.75, 3.05) is 37.5 Å². The van der Waals surface area contributed by atoms with E-state index in [-0.39, 0.29) is 27.9 Å². The first-order valence-electron chi connectivity index (χ1n) is 10.0. The number of rotatable bonds is 5. The lowest BCUT2D eigenvalue weighted by Gasteiger charge is -2.31. The fourth-order valence-corrected chi connectivity index (χ4v) is 3.82. The first-order chi connectivity index (χ1) is 15.2. The molecule has 6 nitrogen and oxygen atoms in total. The Bertz CT molecular complexity index is 970. The highest BCUT2D eigenvalue weighted by Gasteiger charge is 2.32. The van der Waals surface area contributed by atoms with Gasteiger partial charge >= 0.3 is 6.18 Å². The Kier molecular flexibility index (Phi) is 7.44. The number of hydrogen-bond donors (Lipinski definition) is 2. The zero-order valence-corrected chi connectivity index (χ0v) is 18.5. The minimum atomic E-state index is -4.51. The Morgan fingerprint density at radius 3 is 2.22 bits per heavy atom. The number of methoxy groups -OCH3 is 2. The van der Waals surface area contributed by atoms with E-state index in [4.69, 9.17) is 21.7 Å². The molecule has 2 aromatic carbocycles. The molecule has 0 radical (unpaired) electrons. The largest absolute Gasteiger partial charge is 0.496 e. The van der Waals surface area contributed by atoms with E-state index in [1.807, 2.05) is 4.90 Å². The Morgan fingerprint density at radius 2 is 1.66 bits per heavy atom. The van der Waals surface area contributed by atoms with Gasteiger partial charge in [0.15, 0.2) is 5.11 Å². The van der Waals surface area contributed by atoms with Crippen LogP contribution in [0.5, 0.6) is 11.5 Å². The van der Waals surface area contributed by atoms with Crippen molar-refractivity contribution in [1.82, 2.24) is 5.32 Å². The van der Waals surface area contributed by atoms with Gasteiger partial charge in [-0.25, -0.2) is 0 Å². The van der Waals surface area contributed by atoms with Gasteiger partial charge in [-0.05, 0) is 61.8 Å². The van der Waals surface area contributed by atoms with Crippen LogP contribution in [0.2, 0.25) is 0 Å². The Hall–Kier alpha value is -3.01. The predicted molar refractivity (Wildman–Crippen MR) is 121 cm³/mol. The van der Waals surface area contributed by atoms with Gasteiger partial charge in [-0.3, -0.25) is 10.1 Å². The quantitative estimate of drug-likeness (QED) is 0.614. The molecule has 0 aliphatic carbocycles. The lowest BCUT2D eigenvalue weighted by molar-refractivity contribution is -0.137. The molecule has 0 unspecified atom stereocenters. The number of ether oxygens (including phenoxy) is 2. The number of benzene rings is 2. The molecule has 10 heteroatoms. The van der Waals surface area contributed by atoms with E-state index in [0.29, 0.717) is 5.69 Å². The summed E-state index contributed by atoms with van der Waals surface area (Å²) in [6, 6.07) is 8.34. The van der Waals surface area contributed by atoms with Crippen molar-refractivity contribution in [3.63, 3.8) is 0 Å². The number of carbonyl (C=O) groups excluding carboxylic acids is 1. The molecule has 3 rings (SSSR count). The smallest absolute Gasteiger partial charge is 0.416 e. The molecule has 0 bridgehead atoms. The second-order valence-electron chi connectivity index (χ2n) is 7.22. The molecule has 32 heavy (non-hydrogen) atoms. The number of anilines is 2. The molecule has 0 saturated carbocycles. The first-order valence-corrected chi connectivity index (χ1v) is 10.4. The van der Waals surface area contributed by atoms with E-state index in [9.17, 15) is 18.0 Å². The molecule has 2 aromatic rings. The summed E-state index contributed by atoms with van der Waals surface area (Å²) in [4.78, 5) is 14.8. The molecule has 0 spiro atoms. The van der Waals surface area contributed by atoms with Crippen LogP contribution in [-0.2, 0) is 6.18 Å². The van der Waals surface area contributed by atoms with E-state index in [0.717, 1.165) is 44.5 Å². The van der Waals surface area contributed by atoms with Gasteiger partial charge in [-0.1, -0.05) is 6.07 Å². The highest BCUT2D eigenvalue weighted by Crippen LogP contribution is 2.36. The van der Waals surface area contributed by atoms with Crippen molar-refractivity contribution in [3.8, 4) is 11.5 Å². The predicted octanol–water partition coefficient (Wildman–Crippen LogP) is 4.84. The SMILES string of the molecule is COc1cccc(OC)c1C(=O)NC(=S)Nc1cc(C(F)(F)F)ccc1N1CCCCC1. The molecule has 2 N–H and O–H groups in total. The van der Waals surface area contributed by atoms with E-state index in [2.05, 4.69) is 10.6 Å². The van der Waals surface area contributed by atoms with Crippen molar-refractivity contribution < 1.29 is 27.4 Å². The number of hydrogen-bond acceptors (Lipinski definition) is 5. The van der Waals surface area contributed by atoms with Crippen molar-refractivity contribution in [3.05, 3.63) is 47.5 Å². The molecular formula is C22H24F3N3O3S. The number of thiocarbonyl (C=S) groups is 1. The van der Waals surface area contributed by atoms with Crippen LogP contribution in [0.3, 0.4) is 0 Å². The molecule has 172 valence electrons. The number of piperidine rings is 1. The van der Waals surface area contributed by atoms with Gasteiger partial charge in [-0.15, -0.1) is 0 Å². The zero-order chi connectivity index (χ0) is 23.3. The van der Waals surface area contributed by atoms with Crippen LogP contribution in [0.15, 0.2) is 36.4 Å². The van der Waals surface area contributed by atoms with Gasteiger partial charge in [0.2, 0.25) is 0 Å². The van der Waals surface area contributed by atoms with Crippen LogP contribution in [-0.4, -0.2) is 38.3 Å². The summed E-state index contributed by atoms with van der Waals surface area (Å²) in [5, 5.41) is 5.14. The van der Waals surface area contributed by atoms with Crippen LogP contribution >= 0.6 is 12.2 Å². The number of alkyl halides is 3. The summed E-state index contributed by atoms with van der Waals surface area (Å²) in [5.74, 6) is -0.0567. The van der Waals surface area contributed by atoms with Crippen LogP contribution < -0.4 is 25.0 Å². The van der Waals surface area contributed by atoms with Gasteiger partial charge in [0.25, 0.3) is 5.91 Å². The molecule has 1 heterocycles. The van der Waals surface area contributed by atoms with Crippen molar-refractivity contribution in [1.29, 1.82) is 0 Å². The highest BCUT2D eigenvalue weighted by molar-refractivity contribution is 7.80. The van der Waals surface area contributed by atoms with Crippen LogP contribution in [0, 0.1) is 0 Å². The number of amides is 1. The number of nitrogens with one attached hydrogen (secondary N) is 2. The third-order valence-electron chi connectivity index (χ3n) is 5.15. The summed E-state index contributed by atoms with van der Waals surface area (Å²) >= 11 is 5.24. The lowest BCUT2D eigenvalue weighted by Crippen LogP contribution is -2.36. The molecule has 1 amide bonds. The van der Waals surface area contributed by atoms with Crippen molar-refractivity contribution >= 4 is 34.6 Å². The molecule has 1 aliphatic heterocycles. The van der Waals surface area contributed by atoms with E-state index in [1.54, 1.807) is 18.2 Å². The van der Waals surface area contributed by atoms with E-state index < -0.39 is 17.6 Å². The third-order valence-corrected chi connectivity index (χ3v) is 5.35. The summed E-state index contributed by atoms with van der Waals surface area (Å²) in [5.41, 5.74) is 0.103. The molecular weight excluding hydrogens is 443 g/mol. The van der Waals surface area contributed by atoms with Crippen LogP contribution in [0.25, 0.3) is 0 Å². The second kappa shape index (κ2) is 10.1. The standard InChI is InChI=1S/C22H24F3N3O3S/c1-30-17-7-6-8-18(31-2)19(17)20(29)27-21(32)26-15-13-14(22(23,24)25)9-10-16(15)28-11-4-3-5-12-28/h6-10,13H,3-5,11-12H2,1-2H3,(H2,26,27,29,32). The molecule has 1 fully saturated rings. The maximum absolute atomic E-state index is 13.3. The normalized spacial score (nSPS) is 14.0. The summed E-state index contributed by atoms with van der Waals surface area (Å²) in [6.45, 7) is 1.47. The summed E-state index contributed by atoms with van der Waals surface area (Å²) in [6.07, 6.45) is -1.52. The highest BCUT2D eigenvalue weighted by atomic mass is 32.1. The van der Waals surface area contributed by atoms with Crippen LogP contribution in [0.1, 0.15) is 35.2 Å². The van der Waals surface area contributed by atoms with Crippen LogP contribution in [0.4, 0.5) is 24.5 Å². The first kappa shape index (κ1) is 23.6. The van der Waals surface area contributed by atoms with Crippen molar-refractivity contribution in [2.24, 2.45) is 0 Å². The maximum Gasteiger partial charge on any atom is 0.416 e. The second-order valence-corrected chi connectivity index (χ2v) is 7.63. The molecule has 0 atom stereocenters. The molecule has 1 saturated heterocycles. The average Bonchev–Trinajstić information content (AvgIpc) is 2.78. The lowest BCUT2D eigenvalue weighted by atomic mass is 10.1. The topological polar surface area (TPSA) is 62.8 Å². The number of carbonyl (C=O) groups is 1. The monoisotopic (exact) mass is 467 g/mol. The van der Waals surface area contributed by atoms with Gasteiger partial charge in [0.1, 0.15) is 17.1 Å². The fourth-order valence-electron chi connectivity index (χ4n) is 3.62. The summed E-state index contributed by atoms with van der Waals surface area (Å²) in [7, 11) is 2.82. The van der Waals surface area contributed by atoms with Crippen molar-refractivity contribution in [2.45, 2.75) is 25.4 Å². The van der Waals surface area contributed by atoms with E-state index >= 15 is 0 Å². The Morgan fingerprint density at radius 1 is 1.03 bits per heavy atom. The van der Waals surface area contributed by atoms with Gasteiger partial charge < -0.3 is 19.7 Å². The Labute approximate surface area is 189 Å². The minimum absolute atomic E-state index is 0.127. The zero-order valence-electron chi connectivity index (χ0n) is 17.7. The van der Waals surface area contributed by atoms with Gasteiger partial charge in [0, 0.05) is 13.1 Å². The molecule has 1 aliphatic rings. The van der Waals surface area contributed by atoms with Gasteiger partial charge in [-0.2, -0.15) is 13.2 Å². The fraction of sp³-hybridized carbons (Fsp3) is 0.364. The number of nitrogens with zero attached hydrogens (tertiary/aromatic N) is 1. The summed E-state index contributed by atoms with van der Waals surface area (Å²) < 4.78 is 50.4. The average molecular weight is 468 g/mol. The minimum Gasteiger partial charge on any atom is -0.496 e. The van der Waals surface area contributed by atoms with Gasteiger partial charge in [0.05, 0.1) is 31.2 Å². The molecule has 0 aromatic heterocycles. The third kappa shape index (κ3) is 5.42.